The number of nitrogen functional groups attached to an aromatic ring is 1. The number of nitrogens with one attached hydrogen (secondary N) is 2. The van der Waals surface area contributed by atoms with Crippen LogP contribution in [0.2, 0.25) is 0 Å². The topological polar surface area (TPSA) is 123 Å². The number of pyridine rings is 1. The first-order chi connectivity index (χ1) is 9.91. The second-order valence-corrected chi connectivity index (χ2v) is 6.01. The normalized spacial score (nSPS) is 11.1. The zero-order chi connectivity index (χ0) is 15.9. The van der Waals surface area contributed by atoms with Crippen LogP contribution >= 0.6 is 0 Å². The molecule has 0 aliphatic rings. The molecule has 0 aromatic carbocycles. The van der Waals surface area contributed by atoms with Crippen LogP contribution in [-0.4, -0.2) is 44.8 Å². The van der Waals surface area contributed by atoms with E-state index in [4.69, 9.17) is 10.5 Å². The molecule has 0 radical (unpaired) electrons. The van der Waals surface area contributed by atoms with Gasteiger partial charge < -0.3 is 15.8 Å². The minimum absolute atomic E-state index is 0.119. The molecule has 1 aromatic rings. The summed E-state index contributed by atoms with van der Waals surface area (Å²) in [6.07, 6.45) is 1.41. The third-order valence-corrected chi connectivity index (χ3v) is 3.98. The molecule has 0 unspecified atom stereocenters. The first kappa shape index (κ1) is 17.2. The van der Waals surface area contributed by atoms with Crippen molar-refractivity contribution in [3.05, 3.63) is 17.8 Å². The second-order valence-electron chi connectivity index (χ2n) is 4.08. The molecule has 0 bridgehead atoms. The Morgan fingerprint density at radius 3 is 2.76 bits per heavy atom. The fourth-order valence-electron chi connectivity index (χ4n) is 1.60. The van der Waals surface area contributed by atoms with Crippen LogP contribution in [0.1, 0.15) is 24.2 Å². The number of sulfonamides is 1. The molecule has 9 heteroatoms. The summed E-state index contributed by atoms with van der Waals surface area (Å²) in [6.45, 7) is 4.09. The fraction of sp³-hybridized carbons (Fsp3) is 0.500. The van der Waals surface area contributed by atoms with E-state index in [1.54, 1.807) is 13.8 Å². The first-order valence-electron chi connectivity index (χ1n) is 6.54. The standard InChI is InChI=1S/C12H20N4O4S/c1-3-16-21(18,19)8-7-15-11-10(13)9(5-6-14-11)12(17)20-4-2/h5-6,16H,3-4,7-8,13H2,1-2H3,(H,14,15). The fourth-order valence-corrected chi connectivity index (χ4v) is 2.55. The largest absolute Gasteiger partial charge is 0.462 e. The number of carbonyl (C=O) groups excluding carboxylic acids is 1. The zero-order valence-electron chi connectivity index (χ0n) is 12.0. The molecule has 8 nitrogen and oxygen atoms in total. The summed E-state index contributed by atoms with van der Waals surface area (Å²) < 4.78 is 30.2. The number of nitrogens with two attached hydrogens (primary N) is 1. The molecule has 0 aliphatic heterocycles. The van der Waals surface area contributed by atoms with Crippen molar-refractivity contribution in [3.8, 4) is 0 Å². The SMILES string of the molecule is CCNS(=O)(=O)CCNc1nccc(C(=O)OCC)c1N. The Morgan fingerprint density at radius 1 is 1.43 bits per heavy atom. The average Bonchev–Trinajstić information content (AvgIpc) is 2.40. The molecule has 1 heterocycles. The van der Waals surface area contributed by atoms with Crippen molar-refractivity contribution in [2.75, 3.05) is 36.5 Å². The molecule has 0 aliphatic carbocycles. The van der Waals surface area contributed by atoms with Gasteiger partial charge in [0.25, 0.3) is 0 Å². The van der Waals surface area contributed by atoms with E-state index in [-0.39, 0.29) is 36.0 Å². The Balaban J connectivity index is 2.73. The van der Waals surface area contributed by atoms with Gasteiger partial charge in [0.2, 0.25) is 10.0 Å². The second kappa shape index (κ2) is 7.79. The Labute approximate surface area is 124 Å². The quantitative estimate of drug-likeness (QED) is 0.585. The predicted octanol–water partition coefficient (Wildman–Crippen LogP) is 0.192. The van der Waals surface area contributed by atoms with Crippen molar-refractivity contribution in [2.45, 2.75) is 13.8 Å². The van der Waals surface area contributed by atoms with Gasteiger partial charge in [-0.2, -0.15) is 0 Å². The van der Waals surface area contributed by atoms with E-state index in [9.17, 15) is 13.2 Å². The number of anilines is 2. The third-order valence-electron chi connectivity index (χ3n) is 2.51. The highest BCUT2D eigenvalue weighted by atomic mass is 32.2. The predicted molar refractivity (Wildman–Crippen MR) is 80.6 cm³/mol. The highest BCUT2D eigenvalue weighted by Crippen LogP contribution is 2.20. The Morgan fingerprint density at radius 2 is 2.14 bits per heavy atom. The maximum absolute atomic E-state index is 11.7. The summed E-state index contributed by atoms with van der Waals surface area (Å²) in [5, 5.41) is 2.80. The molecule has 0 saturated heterocycles. The lowest BCUT2D eigenvalue weighted by atomic mass is 10.2. The summed E-state index contributed by atoms with van der Waals surface area (Å²) in [6, 6.07) is 1.45. The van der Waals surface area contributed by atoms with Crippen LogP contribution in [-0.2, 0) is 14.8 Å². The number of hydrogen-bond acceptors (Lipinski definition) is 7. The molecular weight excluding hydrogens is 296 g/mol. The highest BCUT2D eigenvalue weighted by molar-refractivity contribution is 7.89. The number of esters is 1. The van der Waals surface area contributed by atoms with Gasteiger partial charge >= 0.3 is 5.97 Å². The number of hydrogen-bond donors (Lipinski definition) is 3. The van der Waals surface area contributed by atoms with Gasteiger partial charge in [-0.1, -0.05) is 6.92 Å². The van der Waals surface area contributed by atoms with Crippen molar-refractivity contribution < 1.29 is 17.9 Å². The van der Waals surface area contributed by atoms with Crippen molar-refractivity contribution in [3.63, 3.8) is 0 Å². The minimum Gasteiger partial charge on any atom is -0.462 e. The third kappa shape index (κ3) is 5.20. The first-order valence-corrected chi connectivity index (χ1v) is 8.19. The van der Waals surface area contributed by atoms with Crippen LogP contribution in [0.4, 0.5) is 11.5 Å². The zero-order valence-corrected chi connectivity index (χ0v) is 12.9. The highest BCUT2D eigenvalue weighted by Gasteiger charge is 2.15. The van der Waals surface area contributed by atoms with E-state index in [1.807, 2.05) is 0 Å². The van der Waals surface area contributed by atoms with Crippen LogP contribution < -0.4 is 15.8 Å². The summed E-state index contributed by atoms with van der Waals surface area (Å²) in [4.78, 5) is 15.7. The summed E-state index contributed by atoms with van der Waals surface area (Å²) >= 11 is 0. The molecule has 0 fully saturated rings. The number of nitrogens with zero attached hydrogens (tertiary/aromatic N) is 1. The molecule has 4 N–H and O–H groups in total. The maximum atomic E-state index is 11.7. The molecule has 118 valence electrons. The Kier molecular flexibility index (Phi) is 6.38. The molecule has 1 aromatic heterocycles. The lowest BCUT2D eigenvalue weighted by molar-refractivity contribution is 0.0527. The van der Waals surface area contributed by atoms with Gasteiger partial charge in [-0.3, -0.25) is 0 Å². The molecule has 1 rings (SSSR count). The number of carbonyl (C=O) groups is 1. The number of rotatable bonds is 8. The smallest absolute Gasteiger partial charge is 0.340 e. The maximum Gasteiger partial charge on any atom is 0.340 e. The molecule has 0 amide bonds. The van der Waals surface area contributed by atoms with Crippen LogP contribution in [0.25, 0.3) is 0 Å². The van der Waals surface area contributed by atoms with Gasteiger partial charge in [-0.05, 0) is 13.0 Å². The monoisotopic (exact) mass is 316 g/mol. The van der Waals surface area contributed by atoms with E-state index in [2.05, 4.69) is 15.0 Å². The molecule has 0 saturated carbocycles. The van der Waals surface area contributed by atoms with E-state index < -0.39 is 16.0 Å². The summed E-state index contributed by atoms with van der Waals surface area (Å²) in [7, 11) is -3.32. The van der Waals surface area contributed by atoms with E-state index in [1.165, 1.54) is 12.3 Å². The Bertz CT molecular complexity index is 589. The molecule has 0 spiro atoms. The van der Waals surface area contributed by atoms with Crippen LogP contribution in [0.5, 0.6) is 0 Å². The van der Waals surface area contributed by atoms with Gasteiger partial charge in [0, 0.05) is 19.3 Å². The summed E-state index contributed by atoms with van der Waals surface area (Å²) in [5.74, 6) is -0.404. The van der Waals surface area contributed by atoms with Crippen LogP contribution in [0, 0.1) is 0 Å². The van der Waals surface area contributed by atoms with Gasteiger partial charge in [-0.25, -0.2) is 22.9 Å². The summed E-state index contributed by atoms with van der Waals surface area (Å²) in [5.41, 5.74) is 6.17. The number of ether oxygens (including phenoxy) is 1. The molecular formula is C12H20N4O4S. The van der Waals surface area contributed by atoms with E-state index in [0.29, 0.717) is 6.54 Å². The van der Waals surface area contributed by atoms with E-state index in [0.717, 1.165) is 0 Å². The van der Waals surface area contributed by atoms with Gasteiger partial charge in [0.15, 0.2) is 0 Å². The van der Waals surface area contributed by atoms with Crippen molar-refractivity contribution in [2.24, 2.45) is 0 Å². The van der Waals surface area contributed by atoms with E-state index >= 15 is 0 Å². The van der Waals surface area contributed by atoms with Gasteiger partial charge in [0.1, 0.15) is 5.82 Å². The minimum atomic E-state index is -3.32. The average molecular weight is 316 g/mol. The lowest BCUT2D eigenvalue weighted by Gasteiger charge is -2.11. The number of aromatic nitrogens is 1. The Hall–Kier alpha value is -1.87. The van der Waals surface area contributed by atoms with Crippen molar-refractivity contribution in [1.29, 1.82) is 0 Å². The van der Waals surface area contributed by atoms with Crippen LogP contribution in [0.3, 0.4) is 0 Å². The molecule has 0 atom stereocenters. The van der Waals surface area contributed by atoms with Crippen molar-refractivity contribution >= 4 is 27.5 Å². The van der Waals surface area contributed by atoms with Gasteiger partial charge in [0.05, 0.1) is 23.6 Å². The van der Waals surface area contributed by atoms with Crippen molar-refractivity contribution in [1.82, 2.24) is 9.71 Å². The molecule has 21 heavy (non-hydrogen) atoms. The van der Waals surface area contributed by atoms with Gasteiger partial charge in [-0.15, -0.1) is 0 Å². The van der Waals surface area contributed by atoms with Crippen LogP contribution in [0.15, 0.2) is 12.3 Å². The lowest BCUT2D eigenvalue weighted by Crippen LogP contribution is -2.29.